The number of carboxylic acid groups (broad SMARTS) is 1. The van der Waals surface area contributed by atoms with Crippen LogP contribution < -0.4 is 5.32 Å². The maximum absolute atomic E-state index is 13.2. The molecule has 0 unspecified atom stereocenters. The highest BCUT2D eigenvalue weighted by Crippen LogP contribution is 2.28. The SMILES string of the molecule is O=C(N[C@@H](Cc1ccc(Cl)cc1)C(=O)O)c1c2ccccc2cc2ccccc12. The first-order valence-corrected chi connectivity index (χ1v) is 9.59. The van der Waals surface area contributed by atoms with Crippen LogP contribution in [-0.4, -0.2) is 23.0 Å². The van der Waals surface area contributed by atoms with Gasteiger partial charge in [-0.05, 0) is 45.3 Å². The Morgan fingerprint density at radius 3 is 1.97 bits per heavy atom. The van der Waals surface area contributed by atoms with Crippen LogP contribution in [0.15, 0.2) is 78.9 Å². The van der Waals surface area contributed by atoms with Crippen LogP contribution in [0.1, 0.15) is 15.9 Å². The molecule has 0 heterocycles. The van der Waals surface area contributed by atoms with E-state index in [1.165, 1.54) is 0 Å². The average Bonchev–Trinajstić information content (AvgIpc) is 2.72. The van der Waals surface area contributed by atoms with Gasteiger partial charge in [0.25, 0.3) is 5.91 Å². The van der Waals surface area contributed by atoms with Gasteiger partial charge in [-0.15, -0.1) is 0 Å². The molecule has 5 heteroatoms. The van der Waals surface area contributed by atoms with E-state index in [-0.39, 0.29) is 6.42 Å². The number of aliphatic carboxylic acids is 1. The molecule has 0 spiro atoms. The summed E-state index contributed by atoms with van der Waals surface area (Å²) in [6.07, 6.45) is 0.168. The second-order valence-electron chi connectivity index (χ2n) is 6.89. The van der Waals surface area contributed by atoms with Crippen molar-refractivity contribution in [3.8, 4) is 0 Å². The molecule has 1 atom stereocenters. The molecule has 29 heavy (non-hydrogen) atoms. The first kappa shape index (κ1) is 19.0. The van der Waals surface area contributed by atoms with Crippen molar-refractivity contribution >= 4 is 45.0 Å². The number of fused-ring (bicyclic) bond motifs is 2. The summed E-state index contributed by atoms with van der Waals surface area (Å²) in [4.78, 5) is 25.1. The zero-order valence-electron chi connectivity index (χ0n) is 15.4. The minimum Gasteiger partial charge on any atom is -0.480 e. The number of carbonyl (C=O) groups is 2. The number of benzene rings is 4. The topological polar surface area (TPSA) is 66.4 Å². The van der Waals surface area contributed by atoms with E-state index < -0.39 is 17.9 Å². The molecule has 0 aliphatic rings. The Bertz CT molecular complexity index is 1160. The maximum Gasteiger partial charge on any atom is 0.326 e. The Balaban J connectivity index is 1.73. The molecule has 0 fully saturated rings. The third kappa shape index (κ3) is 3.93. The van der Waals surface area contributed by atoms with Crippen molar-refractivity contribution in [3.05, 3.63) is 95.0 Å². The lowest BCUT2D eigenvalue weighted by molar-refractivity contribution is -0.139. The quantitative estimate of drug-likeness (QED) is 0.457. The summed E-state index contributed by atoms with van der Waals surface area (Å²) in [7, 11) is 0. The van der Waals surface area contributed by atoms with Crippen LogP contribution in [-0.2, 0) is 11.2 Å². The fraction of sp³-hybridized carbons (Fsp3) is 0.0833. The van der Waals surface area contributed by atoms with Crippen LogP contribution in [0, 0.1) is 0 Å². The summed E-state index contributed by atoms with van der Waals surface area (Å²) in [5, 5.41) is 16.4. The summed E-state index contributed by atoms with van der Waals surface area (Å²) in [6.45, 7) is 0. The molecule has 0 radical (unpaired) electrons. The highest BCUT2D eigenvalue weighted by molar-refractivity contribution is 6.30. The van der Waals surface area contributed by atoms with Crippen molar-refractivity contribution < 1.29 is 14.7 Å². The lowest BCUT2D eigenvalue weighted by atomic mass is 9.96. The molecule has 0 aliphatic heterocycles. The monoisotopic (exact) mass is 403 g/mol. The lowest BCUT2D eigenvalue weighted by Gasteiger charge is -2.17. The number of carboxylic acids is 1. The van der Waals surface area contributed by atoms with E-state index in [1.54, 1.807) is 24.3 Å². The minimum absolute atomic E-state index is 0.168. The van der Waals surface area contributed by atoms with Crippen LogP contribution in [0.5, 0.6) is 0 Å². The van der Waals surface area contributed by atoms with Crippen LogP contribution in [0.25, 0.3) is 21.5 Å². The van der Waals surface area contributed by atoms with E-state index in [9.17, 15) is 14.7 Å². The second-order valence-corrected chi connectivity index (χ2v) is 7.33. The highest BCUT2D eigenvalue weighted by Gasteiger charge is 2.23. The standard InChI is InChI=1S/C24H18ClNO3/c25-18-11-9-15(10-12-18)13-21(24(28)29)26-23(27)22-19-7-3-1-5-16(19)14-17-6-2-4-8-20(17)22/h1-12,14,21H,13H2,(H,26,27)(H,28,29)/t21-/m0/s1. The van der Waals surface area contributed by atoms with Crippen LogP contribution in [0.2, 0.25) is 5.02 Å². The Morgan fingerprint density at radius 1 is 0.862 bits per heavy atom. The Labute approximate surface area is 172 Å². The van der Waals surface area contributed by atoms with Gasteiger partial charge in [-0.2, -0.15) is 0 Å². The molecule has 0 aromatic heterocycles. The first-order valence-electron chi connectivity index (χ1n) is 9.21. The van der Waals surface area contributed by atoms with Gasteiger partial charge in [0.1, 0.15) is 6.04 Å². The van der Waals surface area contributed by atoms with Gasteiger partial charge in [-0.25, -0.2) is 4.79 Å². The van der Waals surface area contributed by atoms with E-state index >= 15 is 0 Å². The van der Waals surface area contributed by atoms with Crippen molar-refractivity contribution in [1.82, 2.24) is 5.32 Å². The molecule has 144 valence electrons. The number of rotatable bonds is 5. The molecule has 2 N–H and O–H groups in total. The predicted octanol–water partition coefficient (Wildman–Crippen LogP) is 5.07. The van der Waals surface area contributed by atoms with Crippen molar-refractivity contribution in [3.63, 3.8) is 0 Å². The van der Waals surface area contributed by atoms with Gasteiger partial charge in [-0.1, -0.05) is 72.3 Å². The number of amides is 1. The second kappa shape index (κ2) is 7.94. The summed E-state index contributed by atoms with van der Waals surface area (Å²) in [5.41, 5.74) is 1.27. The van der Waals surface area contributed by atoms with Crippen molar-refractivity contribution in [2.45, 2.75) is 12.5 Å². The third-order valence-electron chi connectivity index (χ3n) is 4.95. The smallest absolute Gasteiger partial charge is 0.326 e. The fourth-order valence-corrected chi connectivity index (χ4v) is 3.67. The molecule has 0 bridgehead atoms. The molecule has 4 rings (SSSR count). The van der Waals surface area contributed by atoms with Gasteiger partial charge in [0, 0.05) is 11.4 Å². The van der Waals surface area contributed by atoms with Gasteiger partial charge in [-0.3, -0.25) is 4.79 Å². The van der Waals surface area contributed by atoms with Gasteiger partial charge in [0.15, 0.2) is 0 Å². The van der Waals surface area contributed by atoms with E-state index in [2.05, 4.69) is 5.32 Å². The lowest BCUT2D eigenvalue weighted by Crippen LogP contribution is -2.42. The normalized spacial score (nSPS) is 12.0. The molecule has 0 saturated heterocycles. The van der Waals surface area contributed by atoms with Gasteiger partial charge >= 0.3 is 5.97 Å². The molecule has 1 amide bonds. The number of hydrogen-bond donors (Lipinski definition) is 2. The molecule has 0 saturated carbocycles. The van der Waals surface area contributed by atoms with Crippen LogP contribution >= 0.6 is 11.6 Å². The summed E-state index contributed by atoms with van der Waals surface area (Å²) in [5.74, 6) is -1.49. The summed E-state index contributed by atoms with van der Waals surface area (Å²) in [6, 6.07) is 23.1. The molecule has 0 aliphatic carbocycles. The van der Waals surface area contributed by atoms with Gasteiger partial charge < -0.3 is 10.4 Å². The fourth-order valence-electron chi connectivity index (χ4n) is 3.55. The number of nitrogens with one attached hydrogen (secondary N) is 1. The van der Waals surface area contributed by atoms with Crippen molar-refractivity contribution in [1.29, 1.82) is 0 Å². The van der Waals surface area contributed by atoms with E-state index in [4.69, 9.17) is 11.6 Å². The largest absolute Gasteiger partial charge is 0.480 e. The third-order valence-corrected chi connectivity index (χ3v) is 5.21. The van der Waals surface area contributed by atoms with Gasteiger partial charge in [0.2, 0.25) is 0 Å². The van der Waals surface area contributed by atoms with Crippen molar-refractivity contribution in [2.24, 2.45) is 0 Å². The Hall–Kier alpha value is -3.37. The minimum atomic E-state index is -1.09. The highest BCUT2D eigenvalue weighted by atomic mass is 35.5. The zero-order valence-corrected chi connectivity index (χ0v) is 16.2. The van der Waals surface area contributed by atoms with E-state index in [0.29, 0.717) is 10.6 Å². The van der Waals surface area contributed by atoms with E-state index in [1.807, 2.05) is 54.6 Å². The van der Waals surface area contributed by atoms with Crippen LogP contribution in [0.3, 0.4) is 0 Å². The van der Waals surface area contributed by atoms with E-state index in [0.717, 1.165) is 27.1 Å². The van der Waals surface area contributed by atoms with Crippen molar-refractivity contribution in [2.75, 3.05) is 0 Å². The number of halogens is 1. The Morgan fingerprint density at radius 2 is 1.41 bits per heavy atom. The maximum atomic E-state index is 13.2. The molecule has 4 aromatic rings. The first-order chi connectivity index (χ1) is 14.0. The average molecular weight is 404 g/mol. The predicted molar refractivity (Wildman–Crippen MR) is 116 cm³/mol. The molecular formula is C24H18ClNO3. The number of hydrogen-bond acceptors (Lipinski definition) is 2. The zero-order chi connectivity index (χ0) is 20.4. The summed E-state index contributed by atoms with van der Waals surface area (Å²) < 4.78 is 0. The Kier molecular flexibility index (Phi) is 5.19. The molecule has 4 aromatic carbocycles. The number of carbonyl (C=O) groups excluding carboxylic acids is 1. The molecular weight excluding hydrogens is 386 g/mol. The summed E-state index contributed by atoms with van der Waals surface area (Å²) >= 11 is 5.90. The van der Waals surface area contributed by atoms with Gasteiger partial charge in [0.05, 0.1) is 5.56 Å². The van der Waals surface area contributed by atoms with Crippen LogP contribution in [0.4, 0.5) is 0 Å². The molecule has 4 nitrogen and oxygen atoms in total.